The van der Waals surface area contributed by atoms with Gasteiger partial charge in [-0.05, 0) is 25.7 Å². The monoisotopic (exact) mass is 226 g/mol. The van der Waals surface area contributed by atoms with Gasteiger partial charge in [-0.2, -0.15) is 0 Å². The molecule has 0 radical (unpaired) electrons. The van der Waals surface area contributed by atoms with E-state index in [0.29, 0.717) is 25.2 Å². The van der Waals surface area contributed by atoms with Gasteiger partial charge in [-0.1, -0.05) is 6.92 Å². The summed E-state index contributed by atoms with van der Waals surface area (Å²) in [7, 11) is 0. The van der Waals surface area contributed by atoms with E-state index in [4.69, 9.17) is 10.5 Å². The Kier molecular flexibility index (Phi) is 3.50. The molecule has 16 heavy (non-hydrogen) atoms. The Labute approximate surface area is 97.1 Å². The minimum atomic E-state index is -0.118. The number of piperidine rings is 1. The van der Waals surface area contributed by atoms with E-state index in [1.165, 1.54) is 6.42 Å². The van der Waals surface area contributed by atoms with Gasteiger partial charge in [-0.25, -0.2) is 0 Å². The zero-order valence-electron chi connectivity index (χ0n) is 10.2. The summed E-state index contributed by atoms with van der Waals surface area (Å²) in [5, 5.41) is 0. The second-order valence-corrected chi connectivity index (χ2v) is 5.33. The Morgan fingerprint density at radius 2 is 2.06 bits per heavy atom. The number of amides is 1. The number of nitrogens with zero attached hydrogens (tertiary/aromatic N) is 1. The summed E-state index contributed by atoms with van der Waals surface area (Å²) in [6.07, 6.45) is 2.33. The summed E-state index contributed by atoms with van der Waals surface area (Å²) < 4.78 is 5.27. The second-order valence-electron chi connectivity index (χ2n) is 5.33. The van der Waals surface area contributed by atoms with Crippen molar-refractivity contribution in [2.75, 3.05) is 19.8 Å². The molecule has 0 aromatic rings. The van der Waals surface area contributed by atoms with Crippen LogP contribution in [0, 0.1) is 11.8 Å². The van der Waals surface area contributed by atoms with Crippen LogP contribution in [-0.4, -0.2) is 42.6 Å². The lowest BCUT2D eigenvalue weighted by Gasteiger charge is -2.38. The van der Waals surface area contributed by atoms with E-state index in [1.54, 1.807) is 0 Å². The van der Waals surface area contributed by atoms with Gasteiger partial charge in [0, 0.05) is 18.6 Å². The average Bonchev–Trinajstić information content (AvgIpc) is 2.67. The number of nitrogens with two attached hydrogens (primary N) is 1. The lowest BCUT2D eigenvalue weighted by molar-refractivity contribution is -0.140. The van der Waals surface area contributed by atoms with Crippen LogP contribution < -0.4 is 5.73 Å². The SMILES string of the molecule is CC1CCC(C)N(C(=O)C2COCC2N)C1. The van der Waals surface area contributed by atoms with Crippen molar-refractivity contribution in [1.29, 1.82) is 0 Å². The van der Waals surface area contributed by atoms with Gasteiger partial charge in [-0.3, -0.25) is 4.79 Å². The highest BCUT2D eigenvalue weighted by molar-refractivity contribution is 5.80. The average molecular weight is 226 g/mol. The number of carbonyl (C=O) groups is 1. The van der Waals surface area contributed by atoms with Crippen LogP contribution >= 0.6 is 0 Å². The molecular weight excluding hydrogens is 204 g/mol. The highest BCUT2D eigenvalue weighted by Crippen LogP contribution is 2.25. The third-order valence-electron chi connectivity index (χ3n) is 3.84. The highest BCUT2D eigenvalue weighted by Gasteiger charge is 2.37. The number of hydrogen-bond donors (Lipinski definition) is 1. The van der Waals surface area contributed by atoms with Gasteiger partial charge in [0.05, 0.1) is 19.1 Å². The van der Waals surface area contributed by atoms with Crippen molar-refractivity contribution in [1.82, 2.24) is 4.90 Å². The van der Waals surface area contributed by atoms with Crippen LogP contribution in [0.3, 0.4) is 0 Å². The standard InChI is InChI=1S/C12H22N2O2/c1-8-3-4-9(2)14(5-8)12(15)10-6-16-7-11(10)13/h8-11H,3-7,13H2,1-2H3. The Bertz CT molecular complexity index is 270. The molecule has 4 nitrogen and oxygen atoms in total. The molecule has 1 amide bonds. The van der Waals surface area contributed by atoms with Gasteiger partial charge in [0.15, 0.2) is 0 Å². The topological polar surface area (TPSA) is 55.6 Å². The first kappa shape index (κ1) is 11.9. The van der Waals surface area contributed by atoms with E-state index in [0.717, 1.165) is 13.0 Å². The number of likely N-dealkylation sites (tertiary alicyclic amines) is 1. The molecule has 2 rings (SSSR count). The maximum atomic E-state index is 12.3. The molecule has 92 valence electrons. The summed E-state index contributed by atoms with van der Waals surface area (Å²) >= 11 is 0. The van der Waals surface area contributed by atoms with Gasteiger partial charge < -0.3 is 15.4 Å². The molecule has 0 aromatic carbocycles. The van der Waals surface area contributed by atoms with Crippen molar-refractivity contribution in [3.8, 4) is 0 Å². The van der Waals surface area contributed by atoms with Crippen molar-refractivity contribution < 1.29 is 9.53 Å². The molecule has 4 unspecified atom stereocenters. The van der Waals surface area contributed by atoms with Crippen molar-refractivity contribution in [3.05, 3.63) is 0 Å². The lowest BCUT2D eigenvalue weighted by atomic mass is 9.92. The number of hydrogen-bond acceptors (Lipinski definition) is 3. The molecule has 0 aliphatic carbocycles. The van der Waals surface area contributed by atoms with Crippen molar-refractivity contribution in [2.24, 2.45) is 17.6 Å². The van der Waals surface area contributed by atoms with E-state index in [-0.39, 0.29) is 17.9 Å². The van der Waals surface area contributed by atoms with Crippen LogP contribution in [0.5, 0.6) is 0 Å². The van der Waals surface area contributed by atoms with Crippen LogP contribution in [0.4, 0.5) is 0 Å². The van der Waals surface area contributed by atoms with E-state index >= 15 is 0 Å². The Morgan fingerprint density at radius 1 is 1.31 bits per heavy atom. The quantitative estimate of drug-likeness (QED) is 0.712. The van der Waals surface area contributed by atoms with Crippen LogP contribution in [-0.2, 0) is 9.53 Å². The first-order valence-corrected chi connectivity index (χ1v) is 6.23. The Hall–Kier alpha value is -0.610. The first-order chi connectivity index (χ1) is 7.59. The summed E-state index contributed by atoms with van der Waals surface area (Å²) in [6.45, 7) is 6.23. The minimum absolute atomic E-state index is 0.114. The predicted molar refractivity (Wildman–Crippen MR) is 61.9 cm³/mol. The summed E-state index contributed by atoms with van der Waals surface area (Å²) in [6, 6.07) is 0.244. The molecule has 0 bridgehead atoms. The van der Waals surface area contributed by atoms with Crippen LogP contribution in [0.2, 0.25) is 0 Å². The molecule has 2 aliphatic rings. The third kappa shape index (κ3) is 2.23. The molecule has 0 spiro atoms. The van der Waals surface area contributed by atoms with Gasteiger partial charge in [-0.15, -0.1) is 0 Å². The van der Waals surface area contributed by atoms with E-state index in [9.17, 15) is 4.79 Å². The molecular formula is C12H22N2O2. The molecule has 4 heteroatoms. The zero-order chi connectivity index (χ0) is 11.7. The molecule has 0 saturated carbocycles. The molecule has 4 atom stereocenters. The van der Waals surface area contributed by atoms with Crippen molar-refractivity contribution in [3.63, 3.8) is 0 Å². The molecule has 2 N–H and O–H groups in total. The first-order valence-electron chi connectivity index (χ1n) is 6.23. The Balaban J connectivity index is 2.02. The smallest absolute Gasteiger partial charge is 0.229 e. The number of carbonyl (C=O) groups excluding carboxylic acids is 1. The zero-order valence-corrected chi connectivity index (χ0v) is 10.2. The lowest BCUT2D eigenvalue weighted by Crippen LogP contribution is -2.50. The minimum Gasteiger partial charge on any atom is -0.379 e. The fraction of sp³-hybridized carbons (Fsp3) is 0.917. The van der Waals surface area contributed by atoms with Crippen LogP contribution in [0.1, 0.15) is 26.7 Å². The van der Waals surface area contributed by atoms with Gasteiger partial charge in [0.1, 0.15) is 0 Å². The Morgan fingerprint density at radius 3 is 2.69 bits per heavy atom. The van der Waals surface area contributed by atoms with Crippen molar-refractivity contribution in [2.45, 2.75) is 38.8 Å². The highest BCUT2D eigenvalue weighted by atomic mass is 16.5. The van der Waals surface area contributed by atoms with Crippen molar-refractivity contribution >= 4 is 5.91 Å². The normalized spacial score (nSPS) is 40.1. The van der Waals surface area contributed by atoms with Gasteiger partial charge in [0.2, 0.25) is 5.91 Å². The van der Waals surface area contributed by atoms with Crippen LogP contribution in [0.15, 0.2) is 0 Å². The second kappa shape index (κ2) is 4.72. The number of ether oxygens (including phenoxy) is 1. The summed E-state index contributed by atoms with van der Waals surface area (Å²) in [4.78, 5) is 14.3. The van der Waals surface area contributed by atoms with E-state index in [2.05, 4.69) is 13.8 Å². The molecule has 2 aliphatic heterocycles. The summed E-state index contributed by atoms with van der Waals surface area (Å²) in [5.74, 6) is 0.690. The maximum absolute atomic E-state index is 12.3. The third-order valence-corrected chi connectivity index (χ3v) is 3.84. The maximum Gasteiger partial charge on any atom is 0.229 e. The fourth-order valence-electron chi connectivity index (χ4n) is 2.63. The predicted octanol–water partition coefficient (Wildman–Crippen LogP) is 0.607. The molecule has 0 aromatic heterocycles. The molecule has 2 fully saturated rings. The number of rotatable bonds is 1. The molecule has 2 heterocycles. The largest absolute Gasteiger partial charge is 0.379 e. The summed E-state index contributed by atoms with van der Waals surface area (Å²) in [5.41, 5.74) is 5.89. The molecule has 2 saturated heterocycles. The van der Waals surface area contributed by atoms with Crippen LogP contribution in [0.25, 0.3) is 0 Å². The van der Waals surface area contributed by atoms with Gasteiger partial charge in [0.25, 0.3) is 0 Å². The fourth-order valence-corrected chi connectivity index (χ4v) is 2.63. The van der Waals surface area contributed by atoms with E-state index in [1.807, 2.05) is 4.90 Å². The van der Waals surface area contributed by atoms with Gasteiger partial charge >= 0.3 is 0 Å². The van der Waals surface area contributed by atoms with E-state index < -0.39 is 0 Å².